The van der Waals surface area contributed by atoms with Crippen molar-refractivity contribution in [3.63, 3.8) is 0 Å². The number of likely N-dealkylation sites (N-methyl/N-ethyl adjacent to an activating group) is 1. The molecule has 0 spiro atoms. The predicted molar refractivity (Wildman–Crippen MR) is 89.3 cm³/mol. The second-order valence-corrected chi connectivity index (χ2v) is 7.00. The lowest BCUT2D eigenvalue weighted by molar-refractivity contribution is 0.254. The minimum atomic E-state index is 0.760. The van der Waals surface area contributed by atoms with Crippen molar-refractivity contribution in [1.82, 2.24) is 4.90 Å². The molecule has 2 unspecified atom stereocenters. The minimum absolute atomic E-state index is 0.760. The molecule has 3 heterocycles. The van der Waals surface area contributed by atoms with E-state index in [0.29, 0.717) is 0 Å². The number of anilines is 2. The zero-order chi connectivity index (χ0) is 14.2. The molecule has 0 radical (unpaired) electrons. The Morgan fingerprint density at radius 3 is 2.10 bits per heavy atom. The van der Waals surface area contributed by atoms with Crippen LogP contribution in [-0.4, -0.2) is 50.2 Å². The smallest absolute Gasteiger partial charge is 0.0368 e. The van der Waals surface area contributed by atoms with Crippen LogP contribution in [0.3, 0.4) is 0 Å². The summed E-state index contributed by atoms with van der Waals surface area (Å²) in [4.78, 5) is 7.74. The van der Waals surface area contributed by atoms with Crippen LogP contribution in [0.15, 0.2) is 24.3 Å². The van der Waals surface area contributed by atoms with E-state index in [1.807, 2.05) is 0 Å². The standard InChI is InChI=1S/C18H27N3/c1-19-15-4-9-18(19)14-21(13-10-15)17-7-5-16(6-8-17)20-11-2-3-12-20/h5-8,15,18H,2-4,9-14H2,1H3. The summed E-state index contributed by atoms with van der Waals surface area (Å²) in [6, 6.07) is 10.9. The summed E-state index contributed by atoms with van der Waals surface area (Å²) in [6.07, 6.45) is 6.81. The number of hydrogen-bond acceptors (Lipinski definition) is 3. The van der Waals surface area contributed by atoms with Crippen LogP contribution in [0.25, 0.3) is 0 Å². The van der Waals surface area contributed by atoms with Crippen molar-refractivity contribution >= 4 is 11.4 Å². The molecule has 21 heavy (non-hydrogen) atoms. The molecule has 0 saturated carbocycles. The zero-order valence-electron chi connectivity index (χ0n) is 13.2. The van der Waals surface area contributed by atoms with Gasteiger partial charge in [0.05, 0.1) is 0 Å². The molecule has 3 saturated heterocycles. The summed E-state index contributed by atoms with van der Waals surface area (Å²) in [6.45, 7) is 4.89. The largest absolute Gasteiger partial charge is 0.372 e. The first kappa shape index (κ1) is 13.4. The average Bonchev–Trinajstić information content (AvgIpc) is 3.09. The molecule has 2 atom stereocenters. The predicted octanol–water partition coefficient (Wildman–Crippen LogP) is 2.96. The summed E-state index contributed by atoms with van der Waals surface area (Å²) in [7, 11) is 2.32. The van der Waals surface area contributed by atoms with E-state index in [4.69, 9.17) is 0 Å². The molecule has 114 valence electrons. The first-order valence-corrected chi connectivity index (χ1v) is 8.63. The van der Waals surface area contributed by atoms with E-state index in [9.17, 15) is 0 Å². The van der Waals surface area contributed by atoms with Gasteiger partial charge in [-0.05, 0) is 63.4 Å². The van der Waals surface area contributed by atoms with Gasteiger partial charge in [0, 0.05) is 49.6 Å². The van der Waals surface area contributed by atoms with Crippen LogP contribution in [0.5, 0.6) is 0 Å². The molecular formula is C18H27N3. The Bertz CT molecular complexity index is 478. The van der Waals surface area contributed by atoms with Crippen molar-refractivity contribution in [3.8, 4) is 0 Å². The van der Waals surface area contributed by atoms with Crippen LogP contribution in [0.2, 0.25) is 0 Å². The fourth-order valence-corrected chi connectivity index (χ4v) is 4.39. The minimum Gasteiger partial charge on any atom is -0.372 e. The van der Waals surface area contributed by atoms with Crippen molar-refractivity contribution in [3.05, 3.63) is 24.3 Å². The lowest BCUT2D eigenvalue weighted by Crippen LogP contribution is -2.36. The van der Waals surface area contributed by atoms with Gasteiger partial charge in [0.25, 0.3) is 0 Å². The van der Waals surface area contributed by atoms with E-state index >= 15 is 0 Å². The Morgan fingerprint density at radius 2 is 1.38 bits per heavy atom. The molecule has 3 heteroatoms. The Morgan fingerprint density at radius 1 is 0.762 bits per heavy atom. The van der Waals surface area contributed by atoms with Crippen LogP contribution in [0, 0.1) is 0 Å². The average molecular weight is 285 g/mol. The summed E-state index contributed by atoms with van der Waals surface area (Å²) < 4.78 is 0. The molecule has 4 rings (SSSR count). The Labute approximate surface area is 128 Å². The molecule has 2 bridgehead atoms. The van der Waals surface area contributed by atoms with Crippen molar-refractivity contribution < 1.29 is 0 Å². The van der Waals surface area contributed by atoms with Gasteiger partial charge in [-0.15, -0.1) is 0 Å². The molecule has 0 N–H and O–H groups in total. The highest BCUT2D eigenvalue weighted by atomic mass is 15.3. The van der Waals surface area contributed by atoms with Gasteiger partial charge in [0.1, 0.15) is 0 Å². The normalized spacial score (nSPS) is 30.0. The number of benzene rings is 1. The van der Waals surface area contributed by atoms with Gasteiger partial charge in [-0.1, -0.05) is 0 Å². The quantitative estimate of drug-likeness (QED) is 0.827. The third-order valence-corrected chi connectivity index (χ3v) is 5.83. The molecular weight excluding hydrogens is 258 g/mol. The maximum absolute atomic E-state index is 2.62. The second-order valence-electron chi connectivity index (χ2n) is 7.00. The molecule has 3 aliphatic rings. The van der Waals surface area contributed by atoms with Crippen molar-refractivity contribution in [2.75, 3.05) is 43.0 Å². The van der Waals surface area contributed by atoms with Crippen molar-refractivity contribution in [2.45, 2.75) is 44.2 Å². The number of hydrogen-bond donors (Lipinski definition) is 0. The van der Waals surface area contributed by atoms with Crippen LogP contribution in [0.4, 0.5) is 11.4 Å². The monoisotopic (exact) mass is 285 g/mol. The first-order valence-electron chi connectivity index (χ1n) is 8.63. The number of rotatable bonds is 2. The number of fused-ring (bicyclic) bond motifs is 2. The third-order valence-electron chi connectivity index (χ3n) is 5.83. The van der Waals surface area contributed by atoms with Crippen molar-refractivity contribution in [2.24, 2.45) is 0 Å². The molecule has 0 aliphatic carbocycles. The molecule has 1 aromatic carbocycles. The van der Waals surface area contributed by atoms with Crippen LogP contribution in [-0.2, 0) is 0 Å². The topological polar surface area (TPSA) is 9.72 Å². The van der Waals surface area contributed by atoms with Crippen LogP contribution < -0.4 is 9.80 Å². The fourth-order valence-electron chi connectivity index (χ4n) is 4.39. The van der Waals surface area contributed by atoms with Gasteiger partial charge < -0.3 is 9.80 Å². The molecule has 3 fully saturated rings. The van der Waals surface area contributed by atoms with Crippen LogP contribution >= 0.6 is 0 Å². The number of nitrogens with zero attached hydrogens (tertiary/aromatic N) is 3. The molecule has 1 aromatic rings. The SMILES string of the molecule is CN1C2CCC1CN(c1ccc(N3CCCC3)cc1)CC2. The van der Waals surface area contributed by atoms with E-state index in [0.717, 1.165) is 12.1 Å². The maximum atomic E-state index is 2.62. The van der Waals surface area contributed by atoms with E-state index in [2.05, 4.69) is 46.0 Å². The van der Waals surface area contributed by atoms with E-state index in [1.165, 1.54) is 69.7 Å². The fraction of sp³-hybridized carbons (Fsp3) is 0.667. The van der Waals surface area contributed by atoms with Gasteiger partial charge in [-0.3, -0.25) is 4.90 Å². The van der Waals surface area contributed by atoms with Gasteiger partial charge in [-0.25, -0.2) is 0 Å². The highest BCUT2D eigenvalue weighted by Gasteiger charge is 2.34. The molecule has 3 aliphatic heterocycles. The van der Waals surface area contributed by atoms with Gasteiger partial charge in [-0.2, -0.15) is 0 Å². The zero-order valence-corrected chi connectivity index (χ0v) is 13.2. The highest BCUT2D eigenvalue weighted by Crippen LogP contribution is 2.31. The summed E-state index contributed by atoms with van der Waals surface area (Å²) >= 11 is 0. The van der Waals surface area contributed by atoms with E-state index in [-0.39, 0.29) is 0 Å². The third kappa shape index (κ3) is 2.52. The lowest BCUT2D eigenvalue weighted by atomic mass is 10.1. The maximum Gasteiger partial charge on any atom is 0.0368 e. The van der Waals surface area contributed by atoms with Crippen LogP contribution in [0.1, 0.15) is 32.1 Å². The van der Waals surface area contributed by atoms with Gasteiger partial charge in [0.2, 0.25) is 0 Å². The van der Waals surface area contributed by atoms with Gasteiger partial charge >= 0.3 is 0 Å². The second kappa shape index (κ2) is 5.53. The highest BCUT2D eigenvalue weighted by molar-refractivity contribution is 5.57. The Kier molecular flexibility index (Phi) is 3.54. The molecule has 0 aromatic heterocycles. The summed E-state index contributed by atoms with van der Waals surface area (Å²) in [5.74, 6) is 0. The summed E-state index contributed by atoms with van der Waals surface area (Å²) in [5.41, 5.74) is 2.82. The van der Waals surface area contributed by atoms with Gasteiger partial charge in [0.15, 0.2) is 0 Å². The van der Waals surface area contributed by atoms with E-state index < -0.39 is 0 Å². The van der Waals surface area contributed by atoms with E-state index in [1.54, 1.807) is 0 Å². The lowest BCUT2D eigenvalue weighted by Gasteiger charge is -2.28. The molecule has 0 amide bonds. The summed E-state index contributed by atoms with van der Waals surface area (Å²) in [5, 5.41) is 0. The van der Waals surface area contributed by atoms with Crippen molar-refractivity contribution in [1.29, 1.82) is 0 Å². The Hall–Kier alpha value is -1.22. The first-order chi connectivity index (χ1) is 10.3. The molecule has 3 nitrogen and oxygen atoms in total. The Balaban J connectivity index is 1.48.